The van der Waals surface area contributed by atoms with Crippen LogP contribution in [0.15, 0.2) is 41.6 Å². The van der Waals surface area contributed by atoms with E-state index in [0.717, 1.165) is 5.56 Å². The quantitative estimate of drug-likeness (QED) is 0.269. The molecular weight excluding hydrogens is 234 g/mol. The first kappa shape index (κ1) is 13.7. The molecule has 0 aliphatic rings. The van der Waals surface area contributed by atoms with Gasteiger partial charge in [-0.05, 0) is 18.6 Å². The number of hydrogen-bond donors (Lipinski definition) is 0. The third-order valence-corrected chi connectivity index (χ3v) is 2.28. The zero-order valence-corrected chi connectivity index (χ0v) is 10.2. The molecule has 0 aromatic heterocycles. The van der Waals surface area contributed by atoms with Gasteiger partial charge in [0, 0.05) is 18.6 Å². The van der Waals surface area contributed by atoms with Crippen LogP contribution >= 0.6 is 0 Å². The molecule has 5 nitrogen and oxygen atoms in total. The summed E-state index contributed by atoms with van der Waals surface area (Å²) in [7, 11) is 1.30. The molecule has 0 spiro atoms. The molecule has 0 atom stereocenters. The molecule has 0 amide bonds. The van der Waals surface area contributed by atoms with Gasteiger partial charge < -0.3 is 4.74 Å². The van der Waals surface area contributed by atoms with Crippen LogP contribution in [0.3, 0.4) is 0 Å². The number of nitro groups is 1. The maximum atomic E-state index is 11.4. The van der Waals surface area contributed by atoms with Gasteiger partial charge in [-0.3, -0.25) is 10.1 Å². The van der Waals surface area contributed by atoms with Crippen LogP contribution in [-0.2, 0) is 16.0 Å². The molecule has 0 heterocycles. The molecule has 1 rings (SSSR count). The van der Waals surface area contributed by atoms with Crippen molar-refractivity contribution in [2.75, 3.05) is 7.11 Å². The number of methoxy groups -OCH3 is 1. The van der Waals surface area contributed by atoms with Gasteiger partial charge in [-0.25, -0.2) is 4.79 Å². The zero-order chi connectivity index (χ0) is 13.5. The normalized spacial score (nSPS) is 9.22. The molecule has 94 valence electrons. The summed E-state index contributed by atoms with van der Waals surface area (Å²) in [4.78, 5) is 21.5. The highest BCUT2D eigenvalue weighted by Crippen LogP contribution is 2.15. The van der Waals surface area contributed by atoms with Crippen molar-refractivity contribution >= 4 is 11.7 Å². The Morgan fingerprint density at radius 3 is 2.50 bits per heavy atom. The summed E-state index contributed by atoms with van der Waals surface area (Å²) in [5, 5.41) is 10.5. The maximum Gasteiger partial charge on any atom is 0.341 e. The lowest BCUT2D eigenvalue weighted by Gasteiger charge is -2.03. The van der Waals surface area contributed by atoms with E-state index in [1.54, 1.807) is 25.1 Å². The fourth-order valence-electron chi connectivity index (χ4n) is 1.42. The summed E-state index contributed by atoms with van der Waals surface area (Å²) in [6.45, 7) is 1.75. The molecule has 0 fully saturated rings. The van der Waals surface area contributed by atoms with E-state index in [-0.39, 0.29) is 5.69 Å². The number of benzene rings is 1. The number of nitrogens with zero attached hydrogens (tertiary/aromatic N) is 1. The molecule has 0 saturated heterocycles. The Balaban J connectivity index is 2.92. The topological polar surface area (TPSA) is 69.4 Å². The van der Waals surface area contributed by atoms with Crippen molar-refractivity contribution in [3.8, 4) is 0 Å². The molecule has 0 saturated carbocycles. The number of ether oxygens (including phenoxy) is 1. The number of hydrogen-bond acceptors (Lipinski definition) is 4. The monoisotopic (exact) mass is 247 g/mol. The van der Waals surface area contributed by atoms with Crippen molar-refractivity contribution in [3.05, 3.63) is 57.3 Å². The standard InChI is InChI=1S/C13H13NO4/c1-3-4-11(13(15)18-2)9-10-5-7-12(8-6-10)14(16)17/h3,5-8H,9H2,1-2H3. The molecule has 0 N–H and O–H groups in total. The van der Waals surface area contributed by atoms with E-state index in [0.29, 0.717) is 12.0 Å². The first-order valence-corrected chi connectivity index (χ1v) is 5.30. The summed E-state index contributed by atoms with van der Waals surface area (Å²) < 4.78 is 4.63. The fourth-order valence-corrected chi connectivity index (χ4v) is 1.42. The Hall–Kier alpha value is -2.39. The van der Waals surface area contributed by atoms with Crippen LogP contribution in [0.5, 0.6) is 0 Å². The highest BCUT2D eigenvalue weighted by Gasteiger charge is 2.11. The largest absolute Gasteiger partial charge is 0.465 e. The lowest BCUT2D eigenvalue weighted by molar-refractivity contribution is -0.384. The summed E-state index contributed by atoms with van der Waals surface area (Å²) in [6, 6.07) is 6.02. The Bertz CT molecular complexity index is 510. The van der Waals surface area contributed by atoms with Crippen LogP contribution in [-0.4, -0.2) is 18.0 Å². The van der Waals surface area contributed by atoms with Crippen molar-refractivity contribution in [1.82, 2.24) is 0 Å². The molecule has 18 heavy (non-hydrogen) atoms. The first-order valence-electron chi connectivity index (χ1n) is 5.30. The van der Waals surface area contributed by atoms with E-state index < -0.39 is 10.9 Å². The minimum absolute atomic E-state index is 0.0216. The Morgan fingerprint density at radius 2 is 2.06 bits per heavy atom. The van der Waals surface area contributed by atoms with Gasteiger partial charge in [0.15, 0.2) is 0 Å². The Morgan fingerprint density at radius 1 is 1.44 bits per heavy atom. The van der Waals surface area contributed by atoms with Gasteiger partial charge >= 0.3 is 5.97 Å². The molecular formula is C13H13NO4. The maximum absolute atomic E-state index is 11.4. The van der Waals surface area contributed by atoms with E-state index in [1.807, 2.05) is 0 Å². The lowest BCUT2D eigenvalue weighted by atomic mass is 10.1. The van der Waals surface area contributed by atoms with Gasteiger partial charge in [-0.15, -0.1) is 5.73 Å². The first-order chi connectivity index (χ1) is 8.58. The number of carbonyl (C=O) groups is 1. The third kappa shape index (κ3) is 3.57. The second-order valence-corrected chi connectivity index (χ2v) is 3.50. The van der Waals surface area contributed by atoms with Gasteiger partial charge in [0.2, 0.25) is 0 Å². The molecule has 1 aromatic rings. The van der Waals surface area contributed by atoms with Gasteiger partial charge in [0.25, 0.3) is 5.69 Å². The van der Waals surface area contributed by atoms with Gasteiger partial charge in [0.1, 0.15) is 0 Å². The van der Waals surface area contributed by atoms with Gasteiger partial charge in [0.05, 0.1) is 17.6 Å². The zero-order valence-electron chi connectivity index (χ0n) is 10.2. The summed E-state index contributed by atoms with van der Waals surface area (Å²) in [5.41, 5.74) is 3.99. The summed E-state index contributed by atoms with van der Waals surface area (Å²) in [5.74, 6) is -0.452. The third-order valence-electron chi connectivity index (χ3n) is 2.28. The van der Waals surface area contributed by atoms with Crippen molar-refractivity contribution in [2.45, 2.75) is 13.3 Å². The molecule has 1 aromatic carbocycles. The SMILES string of the molecule is CC=C=C(Cc1ccc([N+](=O)[O-])cc1)C(=O)OC. The highest BCUT2D eigenvalue weighted by molar-refractivity contribution is 5.88. The van der Waals surface area contributed by atoms with Crippen LogP contribution in [0.25, 0.3) is 0 Å². The average Bonchev–Trinajstić information content (AvgIpc) is 2.38. The van der Waals surface area contributed by atoms with Crippen molar-refractivity contribution in [1.29, 1.82) is 0 Å². The van der Waals surface area contributed by atoms with E-state index in [2.05, 4.69) is 10.5 Å². The molecule has 0 bridgehead atoms. The van der Waals surface area contributed by atoms with Crippen LogP contribution in [0.2, 0.25) is 0 Å². The minimum atomic E-state index is -0.465. The van der Waals surface area contributed by atoms with E-state index in [4.69, 9.17) is 0 Å². The number of non-ortho nitro benzene ring substituents is 1. The minimum Gasteiger partial charge on any atom is -0.465 e. The lowest BCUT2D eigenvalue weighted by Crippen LogP contribution is -2.06. The number of esters is 1. The number of nitro benzene ring substituents is 1. The van der Waals surface area contributed by atoms with E-state index in [9.17, 15) is 14.9 Å². The average molecular weight is 247 g/mol. The second-order valence-electron chi connectivity index (χ2n) is 3.50. The molecule has 5 heteroatoms. The Kier molecular flexibility index (Phi) is 4.84. The highest BCUT2D eigenvalue weighted by atomic mass is 16.6. The molecule has 0 unspecified atom stereocenters. The van der Waals surface area contributed by atoms with Gasteiger partial charge in [-0.1, -0.05) is 12.1 Å². The molecule has 0 aliphatic heterocycles. The molecule has 0 aliphatic carbocycles. The Labute approximate surface area is 105 Å². The fraction of sp³-hybridized carbons (Fsp3) is 0.231. The van der Waals surface area contributed by atoms with E-state index in [1.165, 1.54) is 19.2 Å². The smallest absolute Gasteiger partial charge is 0.341 e. The summed E-state index contributed by atoms with van der Waals surface area (Å²) >= 11 is 0. The summed E-state index contributed by atoms with van der Waals surface area (Å²) in [6.07, 6.45) is 1.95. The predicted molar refractivity (Wildman–Crippen MR) is 66.1 cm³/mol. The van der Waals surface area contributed by atoms with Crippen LogP contribution < -0.4 is 0 Å². The van der Waals surface area contributed by atoms with Crippen molar-refractivity contribution in [3.63, 3.8) is 0 Å². The van der Waals surface area contributed by atoms with E-state index >= 15 is 0 Å². The van der Waals surface area contributed by atoms with Crippen molar-refractivity contribution in [2.24, 2.45) is 0 Å². The van der Waals surface area contributed by atoms with Crippen molar-refractivity contribution < 1.29 is 14.5 Å². The van der Waals surface area contributed by atoms with Crippen LogP contribution in [0.4, 0.5) is 5.69 Å². The number of rotatable bonds is 4. The number of carbonyl (C=O) groups excluding carboxylic acids is 1. The van der Waals surface area contributed by atoms with Crippen LogP contribution in [0.1, 0.15) is 12.5 Å². The second kappa shape index (κ2) is 6.37. The van der Waals surface area contributed by atoms with Crippen LogP contribution in [0, 0.1) is 10.1 Å². The predicted octanol–water partition coefficient (Wildman–Crippen LogP) is 2.41. The van der Waals surface area contributed by atoms with Gasteiger partial charge in [-0.2, -0.15) is 0 Å². The molecule has 0 radical (unpaired) electrons.